The van der Waals surface area contributed by atoms with E-state index in [0.29, 0.717) is 21.7 Å². The van der Waals surface area contributed by atoms with E-state index in [2.05, 4.69) is 71.0 Å². The van der Waals surface area contributed by atoms with Gasteiger partial charge < -0.3 is 0 Å². The summed E-state index contributed by atoms with van der Waals surface area (Å²) in [5, 5.41) is 3.51. The number of hydrogen-bond acceptors (Lipinski definition) is 0. The number of benzene rings is 4. The third-order valence-electron chi connectivity index (χ3n) is 10.4. The Hall–Kier alpha value is -2.16. The molecule has 0 heterocycles. The maximum atomic E-state index is 14.2. The van der Waals surface area contributed by atoms with Gasteiger partial charge in [-0.1, -0.05) is 116 Å². The van der Waals surface area contributed by atoms with Crippen LogP contribution in [0, 0.1) is 47.5 Å². The summed E-state index contributed by atoms with van der Waals surface area (Å²) in [7, 11) is -2.45. The second-order valence-electron chi connectivity index (χ2n) is 15.2. The van der Waals surface area contributed by atoms with Crippen LogP contribution < -0.4 is 21.2 Å². The zero-order valence-electron chi connectivity index (χ0n) is 31.8. The molecule has 0 aliphatic heterocycles. The molecule has 2 unspecified atom stereocenters. The van der Waals surface area contributed by atoms with E-state index in [1.165, 1.54) is 77.1 Å². The molecule has 9 heteroatoms. The van der Waals surface area contributed by atoms with Crippen LogP contribution in [0.2, 0.25) is 0 Å². The van der Waals surface area contributed by atoms with Crippen LogP contribution in [0.5, 0.6) is 0 Å². The average molecular weight is 813 g/mol. The molecule has 2 aliphatic rings. The molecule has 2 fully saturated rings. The largest absolute Gasteiger partial charge is 0.416 e. The molecule has 0 bridgehead atoms. The molecule has 0 amide bonds. The van der Waals surface area contributed by atoms with Gasteiger partial charge in [-0.25, -0.2) is 0 Å². The molecule has 3 atom stereocenters. The first-order chi connectivity index (χ1) is 24.4. The van der Waals surface area contributed by atoms with Crippen molar-refractivity contribution in [2.24, 2.45) is 5.92 Å². The van der Waals surface area contributed by atoms with Crippen molar-refractivity contribution in [3.63, 3.8) is 0 Å². The van der Waals surface area contributed by atoms with E-state index in [1.54, 1.807) is 26.0 Å². The van der Waals surface area contributed by atoms with Crippen LogP contribution in [-0.2, 0) is 29.4 Å². The monoisotopic (exact) mass is 812 g/mol. The van der Waals surface area contributed by atoms with Crippen molar-refractivity contribution in [1.82, 2.24) is 0 Å². The quantitative estimate of drug-likeness (QED) is 0.0991. The fourth-order valence-electron chi connectivity index (χ4n) is 8.39. The molecule has 288 valence electrons. The summed E-state index contributed by atoms with van der Waals surface area (Å²) < 4.78 is 84.9. The van der Waals surface area contributed by atoms with E-state index < -0.39 is 39.3 Å². The second kappa shape index (κ2) is 18.2. The number of halogens is 6. The Labute approximate surface area is 325 Å². The van der Waals surface area contributed by atoms with Gasteiger partial charge in [-0.15, -0.1) is 0 Å². The summed E-state index contributed by atoms with van der Waals surface area (Å²) in [6.45, 7) is 13.9. The van der Waals surface area contributed by atoms with Crippen LogP contribution in [0.25, 0.3) is 0 Å². The molecule has 0 radical (unpaired) electrons. The van der Waals surface area contributed by atoms with Gasteiger partial charge in [-0.3, -0.25) is 0 Å². The van der Waals surface area contributed by atoms with Gasteiger partial charge in [0.15, 0.2) is 0 Å². The zero-order chi connectivity index (χ0) is 38.0. The Bertz CT molecular complexity index is 1680. The van der Waals surface area contributed by atoms with Crippen LogP contribution in [-0.4, -0.2) is 11.3 Å². The number of rotatable bonds is 7. The normalized spacial score (nSPS) is 18.2. The summed E-state index contributed by atoms with van der Waals surface area (Å²) in [5.74, 6) is 0.110. The summed E-state index contributed by atoms with van der Waals surface area (Å²) in [4.78, 5) is 0. The number of alkyl halides is 6. The minimum atomic E-state index is -4.56. The predicted octanol–water partition coefficient (Wildman–Crippen LogP) is 12.6. The molecule has 4 aromatic carbocycles. The molecule has 4 aromatic rings. The molecule has 53 heavy (non-hydrogen) atoms. The molecular formula is C44H52F6FeP2. The van der Waals surface area contributed by atoms with Gasteiger partial charge in [-0.05, 0) is 144 Å². The van der Waals surface area contributed by atoms with Crippen LogP contribution in [0.15, 0.2) is 72.8 Å². The molecule has 0 spiro atoms. The fourth-order valence-corrected chi connectivity index (χ4v) is 15.4. The smallest absolute Gasteiger partial charge is 0.166 e. The first kappa shape index (κ1) is 43.6. The molecule has 0 nitrogen and oxygen atoms in total. The van der Waals surface area contributed by atoms with Gasteiger partial charge in [0, 0.05) is 17.1 Å². The number of aryl methyl sites for hydroxylation is 6. The van der Waals surface area contributed by atoms with Gasteiger partial charge >= 0.3 is 12.4 Å². The molecule has 0 aromatic heterocycles. The van der Waals surface area contributed by atoms with E-state index in [1.807, 2.05) is 0 Å². The van der Waals surface area contributed by atoms with E-state index in [0.717, 1.165) is 31.4 Å². The van der Waals surface area contributed by atoms with Gasteiger partial charge in [0.2, 0.25) is 0 Å². The molecule has 2 saturated carbocycles. The molecule has 2 aliphatic carbocycles. The van der Waals surface area contributed by atoms with Gasteiger partial charge in [0.05, 0.1) is 11.1 Å². The third-order valence-corrected chi connectivity index (χ3v) is 16.2. The summed E-state index contributed by atoms with van der Waals surface area (Å²) >= 11 is 0. The first-order valence-electron chi connectivity index (χ1n) is 18.5. The van der Waals surface area contributed by atoms with Crippen molar-refractivity contribution >= 4 is 37.1 Å². The molecule has 0 saturated heterocycles. The van der Waals surface area contributed by atoms with Crippen molar-refractivity contribution in [1.29, 1.82) is 0 Å². The summed E-state index contributed by atoms with van der Waals surface area (Å²) in [5.41, 5.74) is 4.18. The van der Waals surface area contributed by atoms with E-state index in [4.69, 9.17) is 0 Å². The summed E-state index contributed by atoms with van der Waals surface area (Å²) in [6, 6.07) is 21.5. The van der Waals surface area contributed by atoms with Crippen molar-refractivity contribution in [2.75, 3.05) is 0 Å². The zero-order valence-corrected chi connectivity index (χ0v) is 34.7. The Balaban J connectivity index is 0.000000964. The molecular weight excluding hydrogens is 760 g/mol. The Kier molecular flexibility index (Phi) is 15.0. The second-order valence-corrected chi connectivity index (χ2v) is 20.2. The van der Waals surface area contributed by atoms with Crippen molar-refractivity contribution in [3.05, 3.63) is 117 Å². The fraction of sp³-hybridized carbons (Fsp3) is 0.455. The maximum absolute atomic E-state index is 14.2. The topological polar surface area (TPSA) is 0 Å². The van der Waals surface area contributed by atoms with Gasteiger partial charge in [0.1, 0.15) is 0 Å². The van der Waals surface area contributed by atoms with E-state index >= 15 is 0 Å². The minimum absolute atomic E-state index is 0. The van der Waals surface area contributed by atoms with Crippen LogP contribution in [0.4, 0.5) is 26.3 Å². The van der Waals surface area contributed by atoms with Crippen molar-refractivity contribution in [2.45, 2.75) is 124 Å². The SMILES string of the molecule is C1CCCC1.Cc1cc(C)cc(P(c2cc(C)cc(C)c2)[C@H](C)C2CCCC2P(c2cc(C)cc(C(F)(F)F)c2)c2cc(C)cc(C(F)(F)F)c2)c1.[Fe]. The Morgan fingerprint density at radius 2 is 0.811 bits per heavy atom. The first-order valence-corrected chi connectivity index (χ1v) is 21.4. The standard InChI is InChI=1S/C39H42F6P2.C5H10.Fe/c1-23-11-24(2)16-32(15-23)46(33-17-25(3)12-26(4)18-33)29(7)36-9-8-10-37(36)47(34-19-27(5)13-30(21-34)38(40,41)42)35-20-28(6)14-31(22-35)39(43,44)45;1-2-4-5-3-1;/h11-22,29,36-37H,8-10H2,1-7H3;1-5H2;/t29-,36?,37?;;/m1../s1. The average Bonchev–Trinajstić information content (AvgIpc) is 3.76. The third kappa shape index (κ3) is 11.2. The predicted molar refractivity (Wildman–Crippen MR) is 210 cm³/mol. The van der Waals surface area contributed by atoms with E-state index in [9.17, 15) is 26.3 Å². The van der Waals surface area contributed by atoms with Crippen LogP contribution >= 0.6 is 15.8 Å². The van der Waals surface area contributed by atoms with Crippen molar-refractivity contribution < 1.29 is 43.4 Å². The van der Waals surface area contributed by atoms with Gasteiger partial charge in [-0.2, -0.15) is 26.3 Å². The van der Waals surface area contributed by atoms with Crippen LogP contribution in [0.1, 0.15) is 103 Å². The Morgan fingerprint density at radius 3 is 1.17 bits per heavy atom. The molecule has 6 rings (SSSR count). The Morgan fingerprint density at radius 1 is 0.472 bits per heavy atom. The number of hydrogen-bond donors (Lipinski definition) is 0. The molecule has 0 N–H and O–H groups in total. The maximum Gasteiger partial charge on any atom is 0.416 e. The minimum Gasteiger partial charge on any atom is -0.166 e. The van der Waals surface area contributed by atoms with Crippen LogP contribution in [0.3, 0.4) is 0 Å². The van der Waals surface area contributed by atoms with Crippen molar-refractivity contribution in [3.8, 4) is 0 Å². The van der Waals surface area contributed by atoms with E-state index in [-0.39, 0.29) is 34.3 Å². The van der Waals surface area contributed by atoms with Gasteiger partial charge in [0.25, 0.3) is 0 Å². The summed E-state index contributed by atoms with van der Waals surface area (Å²) in [6.07, 6.45) is 0.906.